The molecule has 2 nitrogen and oxygen atoms in total. The van der Waals surface area contributed by atoms with Gasteiger partial charge in [0, 0.05) is 18.3 Å². The third-order valence-corrected chi connectivity index (χ3v) is 1.39. The van der Waals surface area contributed by atoms with E-state index >= 15 is 0 Å². The molecule has 0 saturated heterocycles. The molecule has 0 aromatic heterocycles. The van der Waals surface area contributed by atoms with Crippen LogP contribution in [-0.4, -0.2) is 18.3 Å². The van der Waals surface area contributed by atoms with Crippen LogP contribution < -0.4 is 5.73 Å². The lowest BCUT2D eigenvalue weighted by Gasteiger charge is -2.21. The molecule has 8 heavy (non-hydrogen) atoms. The van der Waals surface area contributed by atoms with E-state index < -0.39 is 0 Å². The van der Waals surface area contributed by atoms with Gasteiger partial charge in [-0.3, -0.25) is 4.99 Å². The molecule has 2 heteroatoms. The molecule has 1 aliphatic heterocycles. The maximum atomic E-state index is 5.73. The third kappa shape index (κ3) is 1.30. The van der Waals surface area contributed by atoms with E-state index in [4.69, 9.17) is 5.73 Å². The number of hydrogen-bond donors (Lipinski definition) is 1. The molecule has 0 aromatic carbocycles. The molecule has 0 radical (unpaired) electrons. The Bertz CT molecular complexity index is 105. The molecule has 0 fully saturated rings. The standard InChI is InChI=1S/C6H12N2/c1-6(7)3-2-4-8-5-6/h5H,2-4,7H2,1H3. The van der Waals surface area contributed by atoms with Crippen molar-refractivity contribution < 1.29 is 0 Å². The van der Waals surface area contributed by atoms with Crippen LogP contribution in [0.3, 0.4) is 0 Å². The predicted octanol–water partition coefficient (Wildman–Crippen LogP) is 0.568. The molecule has 0 amide bonds. The van der Waals surface area contributed by atoms with Crippen LogP contribution in [0.2, 0.25) is 0 Å². The van der Waals surface area contributed by atoms with Crippen LogP contribution in [0, 0.1) is 0 Å². The van der Waals surface area contributed by atoms with Gasteiger partial charge in [-0.05, 0) is 19.8 Å². The zero-order chi connectivity index (χ0) is 6.04. The summed E-state index contributed by atoms with van der Waals surface area (Å²) in [5.74, 6) is 0. The molecule has 0 bridgehead atoms. The maximum absolute atomic E-state index is 5.73. The van der Waals surface area contributed by atoms with Gasteiger partial charge < -0.3 is 5.73 Å². The van der Waals surface area contributed by atoms with E-state index in [1.807, 2.05) is 13.1 Å². The minimum atomic E-state index is -0.113. The summed E-state index contributed by atoms with van der Waals surface area (Å²) in [7, 11) is 0. The van der Waals surface area contributed by atoms with Crippen LogP contribution in [0.25, 0.3) is 0 Å². The second-order valence-corrected chi connectivity index (χ2v) is 2.64. The molecule has 0 spiro atoms. The molecule has 0 aromatic rings. The Hall–Kier alpha value is -0.370. The molecule has 0 aliphatic carbocycles. The van der Waals surface area contributed by atoms with Crippen LogP contribution in [0.5, 0.6) is 0 Å². The summed E-state index contributed by atoms with van der Waals surface area (Å²) in [5, 5.41) is 0. The second-order valence-electron chi connectivity index (χ2n) is 2.64. The van der Waals surface area contributed by atoms with Crippen LogP contribution in [-0.2, 0) is 0 Å². The van der Waals surface area contributed by atoms with E-state index in [0.29, 0.717) is 0 Å². The summed E-state index contributed by atoms with van der Waals surface area (Å²) >= 11 is 0. The highest BCUT2D eigenvalue weighted by molar-refractivity contribution is 5.69. The SMILES string of the molecule is CC1(N)C=NCCC1. The number of nitrogens with zero attached hydrogens (tertiary/aromatic N) is 1. The summed E-state index contributed by atoms with van der Waals surface area (Å²) in [6.45, 7) is 2.97. The molecule has 1 aliphatic rings. The van der Waals surface area contributed by atoms with E-state index in [1.165, 1.54) is 0 Å². The topological polar surface area (TPSA) is 38.4 Å². The van der Waals surface area contributed by atoms with E-state index in [9.17, 15) is 0 Å². The first kappa shape index (κ1) is 5.76. The molecule has 0 saturated carbocycles. The smallest absolute Gasteiger partial charge is 0.0481 e. The lowest BCUT2D eigenvalue weighted by Crippen LogP contribution is -2.39. The Balaban J connectivity index is 2.56. The van der Waals surface area contributed by atoms with Crippen molar-refractivity contribution in [3.05, 3.63) is 0 Å². The first-order chi connectivity index (χ1) is 3.71. The van der Waals surface area contributed by atoms with Crippen molar-refractivity contribution in [1.29, 1.82) is 0 Å². The second kappa shape index (κ2) is 1.86. The maximum Gasteiger partial charge on any atom is 0.0481 e. The Kier molecular flexibility index (Phi) is 1.34. The van der Waals surface area contributed by atoms with Crippen molar-refractivity contribution in [3.8, 4) is 0 Å². The summed E-state index contributed by atoms with van der Waals surface area (Å²) in [6.07, 6.45) is 4.08. The van der Waals surface area contributed by atoms with E-state index in [2.05, 4.69) is 4.99 Å². The van der Waals surface area contributed by atoms with Crippen LogP contribution in [0.15, 0.2) is 4.99 Å². The number of rotatable bonds is 0. The van der Waals surface area contributed by atoms with Gasteiger partial charge >= 0.3 is 0 Å². The Morgan fingerprint density at radius 1 is 1.75 bits per heavy atom. The first-order valence-corrected chi connectivity index (χ1v) is 3.01. The van der Waals surface area contributed by atoms with Gasteiger partial charge in [0.15, 0.2) is 0 Å². The highest BCUT2D eigenvalue weighted by Gasteiger charge is 2.16. The number of aliphatic imine (C=N–C) groups is 1. The summed E-state index contributed by atoms with van der Waals surface area (Å²) in [5.41, 5.74) is 5.62. The van der Waals surface area contributed by atoms with E-state index in [-0.39, 0.29) is 5.54 Å². The van der Waals surface area contributed by atoms with Crippen molar-refractivity contribution in [2.75, 3.05) is 6.54 Å². The van der Waals surface area contributed by atoms with Gasteiger partial charge in [0.1, 0.15) is 0 Å². The fraction of sp³-hybridized carbons (Fsp3) is 0.833. The molecule has 1 rings (SSSR count). The lowest BCUT2D eigenvalue weighted by molar-refractivity contribution is 0.533. The predicted molar refractivity (Wildman–Crippen MR) is 35.2 cm³/mol. The molecule has 1 atom stereocenters. The Morgan fingerprint density at radius 2 is 2.50 bits per heavy atom. The summed E-state index contributed by atoms with van der Waals surface area (Å²) in [6, 6.07) is 0. The van der Waals surface area contributed by atoms with E-state index in [0.717, 1.165) is 19.4 Å². The quantitative estimate of drug-likeness (QED) is 0.488. The summed E-state index contributed by atoms with van der Waals surface area (Å²) in [4.78, 5) is 4.08. The van der Waals surface area contributed by atoms with Crippen molar-refractivity contribution in [3.63, 3.8) is 0 Å². The van der Waals surface area contributed by atoms with Gasteiger partial charge in [-0.25, -0.2) is 0 Å². The van der Waals surface area contributed by atoms with Gasteiger partial charge in [0.2, 0.25) is 0 Å². The zero-order valence-electron chi connectivity index (χ0n) is 5.22. The molecule has 1 unspecified atom stereocenters. The first-order valence-electron chi connectivity index (χ1n) is 3.01. The monoisotopic (exact) mass is 112 g/mol. The minimum absolute atomic E-state index is 0.113. The van der Waals surface area contributed by atoms with Crippen molar-refractivity contribution in [1.82, 2.24) is 0 Å². The highest BCUT2D eigenvalue weighted by Crippen LogP contribution is 2.09. The van der Waals surface area contributed by atoms with Gasteiger partial charge in [-0.1, -0.05) is 0 Å². The van der Waals surface area contributed by atoms with Gasteiger partial charge in [-0.15, -0.1) is 0 Å². The third-order valence-electron chi connectivity index (χ3n) is 1.39. The normalized spacial score (nSPS) is 37.8. The number of nitrogens with two attached hydrogens (primary N) is 1. The molecule has 2 N–H and O–H groups in total. The van der Waals surface area contributed by atoms with Crippen LogP contribution >= 0.6 is 0 Å². The van der Waals surface area contributed by atoms with Gasteiger partial charge in [-0.2, -0.15) is 0 Å². The van der Waals surface area contributed by atoms with Gasteiger partial charge in [0.05, 0.1) is 0 Å². The van der Waals surface area contributed by atoms with Crippen LogP contribution in [0.1, 0.15) is 19.8 Å². The largest absolute Gasteiger partial charge is 0.321 e. The fourth-order valence-electron chi connectivity index (χ4n) is 0.889. The molecular formula is C6H12N2. The Labute approximate surface area is 49.8 Å². The van der Waals surface area contributed by atoms with Crippen LogP contribution in [0.4, 0.5) is 0 Å². The van der Waals surface area contributed by atoms with Gasteiger partial charge in [0.25, 0.3) is 0 Å². The highest BCUT2D eigenvalue weighted by atomic mass is 14.8. The Morgan fingerprint density at radius 3 is 2.75 bits per heavy atom. The van der Waals surface area contributed by atoms with Crippen molar-refractivity contribution >= 4 is 6.21 Å². The molecule has 46 valence electrons. The fourth-order valence-corrected chi connectivity index (χ4v) is 0.889. The molecular weight excluding hydrogens is 100 g/mol. The average Bonchev–Trinajstić information content (AvgIpc) is 1.65. The van der Waals surface area contributed by atoms with E-state index in [1.54, 1.807) is 0 Å². The van der Waals surface area contributed by atoms with Crippen molar-refractivity contribution in [2.24, 2.45) is 10.7 Å². The summed E-state index contributed by atoms with van der Waals surface area (Å²) < 4.78 is 0. The molecule has 1 heterocycles. The van der Waals surface area contributed by atoms with Crippen molar-refractivity contribution in [2.45, 2.75) is 25.3 Å². The minimum Gasteiger partial charge on any atom is -0.321 e. The average molecular weight is 112 g/mol. The zero-order valence-corrected chi connectivity index (χ0v) is 5.22. The lowest BCUT2D eigenvalue weighted by atomic mass is 9.97. The number of hydrogen-bond acceptors (Lipinski definition) is 2.